The van der Waals surface area contributed by atoms with Gasteiger partial charge in [-0.2, -0.15) is 0 Å². The van der Waals surface area contributed by atoms with Crippen LogP contribution in [0.5, 0.6) is 0 Å². The fourth-order valence-electron chi connectivity index (χ4n) is 2.23. The van der Waals surface area contributed by atoms with Crippen molar-refractivity contribution in [3.05, 3.63) is 47.2 Å². The number of carbonyl (C=O) groups is 2. The summed E-state index contributed by atoms with van der Waals surface area (Å²) < 4.78 is 0. The molecule has 1 aromatic carbocycles. The number of Topliss-reactive ketones (excluding diaryl/α,β-unsaturated/α-hetero) is 1. The molecule has 1 N–H and O–H groups in total. The van der Waals surface area contributed by atoms with E-state index in [1.54, 1.807) is 24.3 Å². The molecule has 0 bridgehead atoms. The van der Waals surface area contributed by atoms with Crippen molar-refractivity contribution >= 4 is 17.9 Å². The largest absolute Gasteiger partial charge is 0.511 e. The molecular formula is C16H17NO3. The van der Waals surface area contributed by atoms with Crippen LogP contribution in [-0.4, -0.2) is 23.0 Å². The lowest BCUT2D eigenvalue weighted by molar-refractivity contribution is -0.117. The summed E-state index contributed by atoms with van der Waals surface area (Å²) >= 11 is 0. The Balaban J connectivity index is 2.19. The number of aliphatic imine (C=N–C) groups is 1. The number of aliphatic hydroxyl groups is 1. The molecule has 0 saturated heterocycles. The summed E-state index contributed by atoms with van der Waals surface area (Å²) in [5.41, 5.74) is 0.350. The van der Waals surface area contributed by atoms with E-state index in [9.17, 15) is 14.7 Å². The predicted octanol–water partition coefficient (Wildman–Crippen LogP) is 3.10. The highest BCUT2D eigenvalue weighted by atomic mass is 16.3. The molecule has 1 amide bonds. The highest BCUT2D eigenvalue weighted by Gasteiger charge is 2.32. The van der Waals surface area contributed by atoms with Crippen molar-refractivity contribution in [3.63, 3.8) is 0 Å². The highest BCUT2D eigenvalue weighted by molar-refractivity contribution is 6.17. The third kappa shape index (κ3) is 3.20. The number of benzene rings is 1. The average molecular weight is 271 g/mol. The first-order valence-electron chi connectivity index (χ1n) is 6.48. The van der Waals surface area contributed by atoms with E-state index < -0.39 is 5.91 Å². The van der Waals surface area contributed by atoms with Gasteiger partial charge in [-0.1, -0.05) is 32.0 Å². The summed E-state index contributed by atoms with van der Waals surface area (Å²) in [5.74, 6) is -0.595. The number of carbonyl (C=O) groups excluding carboxylic acids is 2. The topological polar surface area (TPSA) is 66.7 Å². The number of rotatable bonds is 2. The normalized spacial score (nSPS) is 18.6. The number of aliphatic hydroxyl groups excluding tert-OH is 1. The molecule has 4 nitrogen and oxygen atoms in total. The minimum absolute atomic E-state index is 0.0101. The third-order valence-electron chi connectivity index (χ3n) is 3.23. The minimum Gasteiger partial charge on any atom is -0.511 e. The van der Waals surface area contributed by atoms with Crippen molar-refractivity contribution in [2.24, 2.45) is 10.4 Å². The van der Waals surface area contributed by atoms with Gasteiger partial charge in [0.1, 0.15) is 5.76 Å². The maximum Gasteiger partial charge on any atom is 0.276 e. The molecule has 0 unspecified atom stereocenters. The Hall–Kier alpha value is -2.23. The first-order chi connectivity index (χ1) is 9.39. The van der Waals surface area contributed by atoms with E-state index in [2.05, 4.69) is 4.99 Å². The van der Waals surface area contributed by atoms with Crippen molar-refractivity contribution in [1.82, 2.24) is 0 Å². The van der Waals surface area contributed by atoms with Crippen molar-refractivity contribution in [3.8, 4) is 0 Å². The number of nitrogens with zero attached hydrogens (tertiary/aromatic N) is 1. The number of hydrogen-bond donors (Lipinski definition) is 1. The van der Waals surface area contributed by atoms with Crippen molar-refractivity contribution in [1.29, 1.82) is 0 Å². The zero-order chi connectivity index (χ0) is 14.8. The summed E-state index contributed by atoms with van der Waals surface area (Å²) in [6.45, 7) is 3.84. The van der Waals surface area contributed by atoms with E-state index in [1.165, 1.54) is 6.21 Å². The fourth-order valence-corrected chi connectivity index (χ4v) is 2.23. The molecule has 0 aromatic heterocycles. The molecular weight excluding hydrogens is 254 g/mol. The van der Waals surface area contributed by atoms with Gasteiger partial charge in [0.2, 0.25) is 0 Å². The molecule has 1 aromatic rings. The zero-order valence-corrected chi connectivity index (χ0v) is 11.6. The smallest absolute Gasteiger partial charge is 0.276 e. The second-order valence-corrected chi connectivity index (χ2v) is 5.73. The minimum atomic E-state index is -0.427. The van der Waals surface area contributed by atoms with Crippen LogP contribution < -0.4 is 0 Å². The average Bonchev–Trinajstić information content (AvgIpc) is 2.37. The maximum atomic E-state index is 11.9. The second-order valence-electron chi connectivity index (χ2n) is 5.73. The van der Waals surface area contributed by atoms with Gasteiger partial charge in [0, 0.05) is 24.6 Å². The monoisotopic (exact) mass is 271 g/mol. The first kappa shape index (κ1) is 14.2. The molecule has 104 valence electrons. The van der Waals surface area contributed by atoms with Crippen LogP contribution in [-0.2, 0) is 4.79 Å². The van der Waals surface area contributed by atoms with Crippen LogP contribution in [0.25, 0.3) is 0 Å². The van der Waals surface area contributed by atoms with Crippen LogP contribution in [0.1, 0.15) is 37.0 Å². The Morgan fingerprint density at radius 2 is 1.90 bits per heavy atom. The molecule has 1 aliphatic carbocycles. The molecule has 0 heterocycles. The van der Waals surface area contributed by atoms with Crippen LogP contribution >= 0.6 is 0 Å². The van der Waals surface area contributed by atoms with Gasteiger partial charge in [0.05, 0.1) is 5.57 Å². The van der Waals surface area contributed by atoms with E-state index in [4.69, 9.17) is 0 Å². The summed E-state index contributed by atoms with van der Waals surface area (Å²) in [6, 6.07) is 8.60. The molecule has 0 spiro atoms. The van der Waals surface area contributed by atoms with Crippen molar-refractivity contribution < 1.29 is 14.7 Å². The SMILES string of the molecule is CC1(C)CC(=O)C(C=NC(=O)c2ccccc2)=C(O)C1. The Bertz CT molecular complexity index is 597. The lowest BCUT2D eigenvalue weighted by Crippen LogP contribution is -2.26. The molecule has 4 heteroatoms. The summed E-state index contributed by atoms with van der Waals surface area (Å²) in [7, 11) is 0. The van der Waals surface area contributed by atoms with Gasteiger partial charge in [0.15, 0.2) is 5.78 Å². The maximum absolute atomic E-state index is 11.9. The van der Waals surface area contributed by atoms with E-state index >= 15 is 0 Å². The third-order valence-corrected chi connectivity index (χ3v) is 3.23. The van der Waals surface area contributed by atoms with Crippen LogP contribution in [0.4, 0.5) is 0 Å². The van der Waals surface area contributed by atoms with Gasteiger partial charge in [-0.25, -0.2) is 4.99 Å². The summed E-state index contributed by atoms with van der Waals surface area (Å²) in [5, 5.41) is 9.91. The predicted molar refractivity (Wildman–Crippen MR) is 76.9 cm³/mol. The summed E-state index contributed by atoms with van der Waals surface area (Å²) in [6.07, 6.45) is 1.94. The molecule has 0 fully saturated rings. The van der Waals surface area contributed by atoms with Gasteiger partial charge in [0.25, 0.3) is 5.91 Å². The second kappa shape index (κ2) is 5.41. The van der Waals surface area contributed by atoms with E-state index in [-0.39, 0.29) is 22.5 Å². The Kier molecular flexibility index (Phi) is 3.84. The van der Waals surface area contributed by atoms with Crippen LogP contribution in [0.3, 0.4) is 0 Å². The molecule has 2 rings (SSSR count). The van der Waals surface area contributed by atoms with Crippen molar-refractivity contribution in [2.75, 3.05) is 0 Å². The molecule has 0 saturated carbocycles. The van der Waals surface area contributed by atoms with Gasteiger partial charge < -0.3 is 5.11 Å². The van der Waals surface area contributed by atoms with E-state index in [0.29, 0.717) is 18.4 Å². The lowest BCUT2D eigenvalue weighted by Gasteiger charge is -2.28. The van der Waals surface area contributed by atoms with Gasteiger partial charge in [-0.3, -0.25) is 9.59 Å². The number of hydrogen-bond acceptors (Lipinski definition) is 3. The fraction of sp³-hybridized carbons (Fsp3) is 0.312. The van der Waals surface area contributed by atoms with E-state index in [0.717, 1.165) is 0 Å². The van der Waals surface area contributed by atoms with Gasteiger partial charge in [-0.15, -0.1) is 0 Å². The lowest BCUT2D eigenvalue weighted by atomic mass is 9.77. The van der Waals surface area contributed by atoms with Crippen molar-refractivity contribution in [2.45, 2.75) is 26.7 Å². The molecule has 0 atom stereocenters. The number of allylic oxidation sites excluding steroid dienone is 2. The standard InChI is InChI=1S/C16H17NO3/c1-16(2)8-13(18)12(14(19)9-16)10-17-15(20)11-6-4-3-5-7-11/h3-7,10,18H,8-9H2,1-2H3. The molecule has 20 heavy (non-hydrogen) atoms. The van der Waals surface area contributed by atoms with Crippen LogP contribution in [0.15, 0.2) is 46.7 Å². The van der Waals surface area contributed by atoms with Gasteiger partial charge in [-0.05, 0) is 17.5 Å². The van der Waals surface area contributed by atoms with Crippen LogP contribution in [0, 0.1) is 5.41 Å². The van der Waals surface area contributed by atoms with Crippen LogP contribution in [0.2, 0.25) is 0 Å². The van der Waals surface area contributed by atoms with Gasteiger partial charge >= 0.3 is 0 Å². The first-order valence-corrected chi connectivity index (χ1v) is 6.48. The van der Waals surface area contributed by atoms with E-state index in [1.807, 2.05) is 19.9 Å². The zero-order valence-electron chi connectivity index (χ0n) is 11.6. The highest BCUT2D eigenvalue weighted by Crippen LogP contribution is 2.35. The summed E-state index contributed by atoms with van der Waals surface area (Å²) in [4.78, 5) is 27.5. The number of ketones is 1. The molecule has 1 aliphatic rings. The molecule has 0 radical (unpaired) electrons. The number of amides is 1. The quantitative estimate of drug-likeness (QED) is 0.840. The Morgan fingerprint density at radius 3 is 2.50 bits per heavy atom. The Labute approximate surface area is 117 Å². The molecule has 0 aliphatic heterocycles. The Morgan fingerprint density at radius 1 is 1.25 bits per heavy atom.